The Balaban J connectivity index is 1.63. The van der Waals surface area contributed by atoms with Gasteiger partial charge < -0.3 is 10.3 Å². The number of H-pyrrole nitrogens is 1. The number of nitrogens with one attached hydrogen (secondary N) is 2. The predicted octanol–water partition coefficient (Wildman–Crippen LogP) is 3.65. The summed E-state index contributed by atoms with van der Waals surface area (Å²) < 4.78 is 0. The van der Waals surface area contributed by atoms with E-state index >= 15 is 0 Å². The Kier molecular flexibility index (Phi) is 3.75. The number of fused-ring (bicyclic) bond motifs is 1. The van der Waals surface area contributed by atoms with E-state index < -0.39 is 6.04 Å². The molecular formula is C18H14ClN3OS. The molecular weight excluding hydrogens is 342 g/mol. The topological polar surface area (TPSA) is 48.1 Å². The molecule has 0 spiro atoms. The molecule has 0 saturated carbocycles. The first-order valence-corrected chi connectivity index (χ1v) is 8.38. The Morgan fingerprint density at radius 2 is 1.88 bits per heavy atom. The SMILES string of the molecule is O=C1[C@H](Cc2c[nH]c3ccccc23)NC(=S)N1c1ccccc1Cl. The standard InChI is InChI=1S/C18H14ClN3OS/c19-13-6-2-4-8-16(13)22-17(23)15(21-18(22)24)9-11-10-20-14-7-3-1-5-12(11)14/h1-8,10,15,20H,9H2,(H,21,24)/t15-/m0/s1. The second-order valence-corrected chi connectivity index (χ2v) is 6.48. The molecule has 1 fully saturated rings. The van der Waals surface area contributed by atoms with Crippen molar-refractivity contribution in [3.63, 3.8) is 0 Å². The van der Waals surface area contributed by atoms with Gasteiger partial charge in [-0.1, -0.05) is 41.9 Å². The lowest BCUT2D eigenvalue weighted by Gasteiger charge is -2.16. The third-order valence-corrected chi connectivity index (χ3v) is 4.83. The van der Waals surface area contributed by atoms with E-state index in [4.69, 9.17) is 23.8 Å². The molecule has 4 rings (SSSR count). The van der Waals surface area contributed by atoms with Crippen molar-refractivity contribution >= 4 is 51.4 Å². The Morgan fingerprint density at radius 1 is 1.12 bits per heavy atom. The summed E-state index contributed by atoms with van der Waals surface area (Å²) >= 11 is 11.6. The first kappa shape index (κ1) is 15.2. The number of thiocarbonyl (C=S) groups is 1. The summed E-state index contributed by atoms with van der Waals surface area (Å²) in [6, 6.07) is 14.8. The Morgan fingerprint density at radius 3 is 2.71 bits per heavy atom. The largest absolute Gasteiger partial charge is 0.361 e. The van der Waals surface area contributed by atoms with Gasteiger partial charge in [0.15, 0.2) is 5.11 Å². The van der Waals surface area contributed by atoms with Gasteiger partial charge in [-0.15, -0.1) is 0 Å². The van der Waals surface area contributed by atoms with Gasteiger partial charge in [0.05, 0.1) is 10.7 Å². The van der Waals surface area contributed by atoms with Crippen LogP contribution < -0.4 is 10.2 Å². The number of amides is 1. The Bertz CT molecular complexity index is 952. The van der Waals surface area contributed by atoms with Crippen molar-refractivity contribution in [3.05, 3.63) is 65.3 Å². The summed E-state index contributed by atoms with van der Waals surface area (Å²) in [7, 11) is 0. The lowest BCUT2D eigenvalue weighted by atomic mass is 10.0. The van der Waals surface area contributed by atoms with E-state index in [1.807, 2.05) is 42.6 Å². The molecule has 3 aromatic rings. The van der Waals surface area contributed by atoms with Gasteiger partial charge in [-0.25, -0.2) is 0 Å². The van der Waals surface area contributed by atoms with E-state index in [9.17, 15) is 4.79 Å². The number of para-hydroxylation sites is 2. The normalized spacial score (nSPS) is 17.5. The summed E-state index contributed by atoms with van der Waals surface area (Å²) in [4.78, 5) is 17.6. The zero-order chi connectivity index (χ0) is 16.7. The van der Waals surface area contributed by atoms with Gasteiger partial charge >= 0.3 is 0 Å². The van der Waals surface area contributed by atoms with E-state index in [1.54, 1.807) is 12.1 Å². The number of hydrogen-bond acceptors (Lipinski definition) is 2. The van der Waals surface area contributed by atoms with Gasteiger partial charge in [-0.05, 0) is 36.0 Å². The zero-order valence-corrected chi connectivity index (χ0v) is 14.2. The fraction of sp³-hybridized carbons (Fsp3) is 0.111. The average molecular weight is 356 g/mol. The second kappa shape index (κ2) is 5.92. The molecule has 2 N–H and O–H groups in total. The van der Waals surface area contributed by atoms with Gasteiger partial charge in [-0.2, -0.15) is 0 Å². The third-order valence-electron chi connectivity index (χ3n) is 4.21. The minimum absolute atomic E-state index is 0.0848. The minimum atomic E-state index is -0.395. The maximum atomic E-state index is 12.8. The molecule has 2 aromatic carbocycles. The van der Waals surface area contributed by atoms with Crippen LogP contribution in [0.15, 0.2) is 54.7 Å². The summed E-state index contributed by atoms with van der Waals surface area (Å²) in [6.45, 7) is 0. The van der Waals surface area contributed by atoms with Crippen molar-refractivity contribution < 1.29 is 4.79 Å². The van der Waals surface area contributed by atoms with Gasteiger partial charge in [0, 0.05) is 23.5 Å². The third kappa shape index (κ3) is 2.46. The summed E-state index contributed by atoms with van der Waals surface area (Å²) in [5.74, 6) is -0.0848. The summed E-state index contributed by atoms with van der Waals surface area (Å²) in [6.07, 6.45) is 2.50. The molecule has 0 aliphatic carbocycles. The molecule has 0 radical (unpaired) electrons. The molecule has 2 heterocycles. The van der Waals surface area contributed by atoms with Crippen molar-refractivity contribution in [2.24, 2.45) is 0 Å². The van der Waals surface area contributed by atoms with Crippen LogP contribution >= 0.6 is 23.8 Å². The smallest absolute Gasteiger partial charge is 0.256 e. The maximum absolute atomic E-state index is 12.8. The van der Waals surface area contributed by atoms with Crippen LogP contribution in [0.2, 0.25) is 5.02 Å². The van der Waals surface area contributed by atoms with E-state index in [1.165, 1.54) is 4.90 Å². The molecule has 1 saturated heterocycles. The lowest BCUT2D eigenvalue weighted by Crippen LogP contribution is -2.32. The van der Waals surface area contributed by atoms with Crippen LogP contribution in [-0.2, 0) is 11.2 Å². The molecule has 120 valence electrons. The maximum Gasteiger partial charge on any atom is 0.256 e. The highest BCUT2D eigenvalue weighted by atomic mass is 35.5. The number of aromatic amines is 1. The molecule has 1 aliphatic heterocycles. The number of hydrogen-bond donors (Lipinski definition) is 2. The Labute approximate surface area is 149 Å². The first-order valence-electron chi connectivity index (χ1n) is 7.59. The number of carbonyl (C=O) groups excluding carboxylic acids is 1. The van der Waals surface area contributed by atoms with E-state index in [-0.39, 0.29) is 5.91 Å². The summed E-state index contributed by atoms with van der Waals surface area (Å²) in [5.41, 5.74) is 2.76. The van der Waals surface area contributed by atoms with E-state index in [0.717, 1.165) is 16.5 Å². The first-order chi connectivity index (χ1) is 11.6. The monoisotopic (exact) mass is 355 g/mol. The minimum Gasteiger partial charge on any atom is -0.361 e. The predicted molar refractivity (Wildman–Crippen MR) is 100 cm³/mol. The van der Waals surface area contributed by atoms with Crippen LogP contribution in [0, 0.1) is 0 Å². The molecule has 4 nitrogen and oxygen atoms in total. The number of aromatic nitrogens is 1. The molecule has 0 unspecified atom stereocenters. The second-order valence-electron chi connectivity index (χ2n) is 5.69. The van der Waals surface area contributed by atoms with Gasteiger partial charge in [0.2, 0.25) is 0 Å². The van der Waals surface area contributed by atoms with Crippen LogP contribution in [0.25, 0.3) is 10.9 Å². The van der Waals surface area contributed by atoms with Crippen molar-refractivity contribution in [2.75, 3.05) is 4.90 Å². The fourth-order valence-corrected chi connectivity index (χ4v) is 3.60. The van der Waals surface area contributed by atoms with Crippen LogP contribution in [0.3, 0.4) is 0 Å². The average Bonchev–Trinajstić information content (AvgIpc) is 3.11. The fourth-order valence-electron chi connectivity index (χ4n) is 3.05. The highest BCUT2D eigenvalue weighted by Crippen LogP contribution is 2.29. The summed E-state index contributed by atoms with van der Waals surface area (Å²) in [5, 5.41) is 5.13. The van der Waals surface area contributed by atoms with Gasteiger partial charge in [0.25, 0.3) is 5.91 Å². The number of benzene rings is 2. The molecule has 24 heavy (non-hydrogen) atoms. The molecule has 6 heteroatoms. The van der Waals surface area contributed by atoms with Crippen LogP contribution in [0.4, 0.5) is 5.69 Å². The lowest BCUT2D eigenvalue weighted by molar-refractivity contribution is -0.118. The quantitative estimate of drug-likeness (QED) is 0.705. The number of anilines is 1. The number of halogens is 1. The van der Waals surface area contributed by atoms with Gasteiger partial charge in [-0.3, -0.25) is 9.69 Å². The van der Waals surface area contributed by atoms with Crippen molar-refractivity contribution in [1.82, 2.24) is 10.3 Å². The Hall–Kier alpha value is -2.37. The molecule has 1 amide bonds. The molecule has 0 bridgehead atoms. The number of carbonyl (C=O) groups is 1. The van der Waals surface area contributed by atoms with Crippen LogP contribution in [0.5, 0.6) is 0 Å². The van der Waals surface area contributed by atoms with Crippen molar-refractivity contribution in [2.45, 2.75) is 12.5 Å². The van der Waals surface area contributed by atoms with E-state index in [0.29, 0.717) is 22.2 Å². The highest BCUT2D eigenvalue weighted by Gasteiger charge is 2.37. The number of nitrogens with zero attached hydrogens (tertiary/aromatic N) is 1. The number of rotatable bonds is 3. The van der Waals surface area contributed by atoms with Crippen molar-refractivity contribution in [3.8, 4) is 0 Å². The highest BCUT2D eigenvalue weighted by molar-refractivity contribution is 7.80. The molecule has 1 aromatic heterocycles. The molecule has 1 atom stereocenters. The van der Waals surface area contributed by atoms with Crippen LogP contribution in [0.1, 0.15) is 5.56 Å². The molecule has 1 aliphatic rings. The van der Waals surface area contributed by atoms with E-state index in [2.05, 4.69) is 10.3 Å². The van der Waals surface area contributed by atoms with Gasteiger partial charge in [0.1, 0.15) is 6.04 Å². The van der Waals surface area contributed by atoms with Crippen molar-refractivity contribution in [1.29, 1.82) is 0 Å². The zero-order valence-electron chi connectivity index (χ0n) is 12.6. The van der Waals surface area contributed by atoms with Crippen LogP contribution in [-0.4, -0.2) is 22.0 Å².